The Morgan fingerprint density at radius 1 is 1.17 bits per heavy atom. The number of hydrogen-bond acceptors (Lipinski definition) is 4. The van der Waals surface area contributed by atoms with Gasteiger partial charge in [-0.1, -0.05) is 0 Å². The van der Waals surface area contributed by atoms with Crippen molar-refractivity contribution in [2.24, 2.45) is 0 Å². The third-order valence-corrected chi connectivity index (χ3v) is 4.20. The van der Waals surface area contributed by atoms with Crippen LogP contribution in [0.1, 0.15) is 47.5 Å². The molecule has 0 aromatic rings. The van der Waals surface area contributed by atoms with Crippen molar-refractivity contribution < 1.29 is 14.4 Å². The van der Waals surface area contributed by atoms with Crippen LogP contribution in [-0.4, -0.2) is 65.4 Å². The number of likely N-dealkylation sites (tertiary alicyclic amines) is 1. The molecule has 4 amide bonds. The van der Waals surface area contributed by atoms with Gasteiger partial charge in [0.25, 0.3) is 0 Å². The molecule has 0 aromatic carbocycles. The molecule has 0 spiro atoms. The molecule has 132 valence electrons. The summed E-state index contributed by atoms with van der Waals surface area (Å²) in [6.07, 6.45) is 1.67. The van der Waals surface area contributed by atoms with Crippen molar-refractivity contribution in [2.45, 2.75) is 65.1 Å². The van der Waals surface area contributed by atoms with Crippen molar-refractivity contribution in [2.75, 3.05) is 20.1 Å². The van der Waals surface area contributed by atoms with Gasteiger partial charge in [-0.05, 0) is 40.5 Å². The van der Waals surface area contributed by atoms with E-state index in [1.54, 1.807) is 18.7 Å². The number of amides is 4. The summed E-state index contributed by atoms with van der Waals surface area (Å²) >= 11 is 0. The molecule has 0 aromatic heterocycles. The van der Waals surface area contributed by atoms with Crippen molar-refractivity contribution in [1.82, 2.24) is 20.4 Å². The van der Waals surface area contributed by atoms with Gasteiger partial charge >= 0.3 is 6.03 Å². The van der Waals surface area contributed by atoms with Gasteiger partial charge in [0, 0.05) is 38.6 Å². The third kappa shape index (κ3) is 6.17. The summed E-state index contributed by atoms with van der Waals surface area (Å²) in [6.45, 7) is 10.4. The topological polar surface area (TPSA) is 81.8 Å². The molecule has 1 rings (SSSR count). The molecule has 1 aliphatic rings. The first-order valence-corrected chi connectivity index (χ1v) is 8.11. The Hall–Kier alpha value is -1.63. The molecule has 1 atom stereocenters. The quantitative estimate of drug-likeness (QED) is 0.809. The summed E-state index contributed by atoms with van der Waals surface area (Å²) in [5.41, 5.74) is -0.386. The normalized spacial score (nSPS) is 18.2. The Morgan fingerprint density at radius 2 is 1.70 bits per heavy atom. The number of urea groups is 1. The van der Waals surface area contributed by atoms with Gasteiger partial charge in [-0.3, -0.25) is 19.8 Å². The van der Waals surface area contributed by atoms with Gasteiger partial charge < -0.3 is 10.2 Å². The van der Waals surface area contributed by atoms with Crippen LogP contribution in [-0.2, 0) is 9.59 Å². The molecule has 0 radical (unpaired) electrons. The van der Waals surface area contributed by atoms with E-state index in [0.29, 0.717) is 0 Å². The monoisotopic (exact) mass is 326 g/mol. The average molecular weight is 326 g/mol. The van der Waals surface area contributed by atoms with E-state index in [2.05, 4.69) is 10.6 Å². The van der Waals surface area contributed by atoms with Crippen LogP contribution in [0.5, 0.6) is 0 Å². The lowest BCUT2D eigenvalue weighted by atomic mass is 10.0. The number of piperidine rings is 1. The lowest BCUT2D eigenvalue weighted by Crippen LogP contribution is -2.55. The lowest BCUT2D eigenvalue weighted by molar-refractivity contribution is -0.132. The van der Waals surface area contributed by atoms with Crippen LogP contribution >= 0.6 is 0 Å². The standard InChI is InChI=1S/C16H30N4O3/c1-11(14(22)17-15(23)18-16(3,4)5)20-9-7-13(8-10-20)19(6)12(2)21/h11,13H,7-10H2,1-6H3,(H2,17,18,22,23). The molecule has 23 heavy (non-hydrogen) atoms. The summed E-state index contributed by atoms with van der Waals surface area (Å²) in [5.74, 6) is -0.238. The molecule has 0 aliphatic carbocycles. The third-order valence-electron chi connectivity index (χ3n) is 4.20. The molecule has 7 heteroatoms. The van der Waals surface area contributed by atoms with E-state index >= 15 is 0 Å². The Labute approximate surface area is 138 Å². The maximum absolute atomic E-state index is 12.2. The minimum Gasteiger partial charge on any atom is -0.343 e. The molecule has 1 fully saturated rings. The molecule has 1 saturated heterocycles. The second kappa shape index (κ2) is 7.77. The van der Waals surface area contributed by atoms with E-state index in [9.17, 15) is 14.4 Å². The van der Waals surface area contributed by atoms with Crippen LogP contribution in [0.2, 0.25) is 0 Å². The van der Waals surface area contributed by atoms with Crippen LogP contribution in [0.25, 0.3) is 0 Å². The number of imide groups is 1. The number of carbonyl (C=O) groups is 3. The molecular weight excluding hydrogens is 296 g/mol. The van der Waals surface area contributed by atoms with Crippen molar-refractivity contribution in [3.63, 3.8) is 0 Å². The minimum absolute atomic E-state index is 0.0630. The molecule has 0 bridgehead atoms. The number of carbonyl (C=O) groups excluding carboxylic acids is 3. The zero-order valence-corrected chi connectivity index (χ0v) is 15.1. The van der Waals surface area contributed by atoms with E-state index in [-0.39, 0.29) is 29.4 Å². The maximum Gasteiger partial charge on any atom is 0.321 e. The number of hydrogen-bond donors (Lipinski definition) is 2. The van der Waals surface area contributed by atoms with Crippen LogP contribution in [0.3, 0.4) is 0 Å². The van der Waals surface area contributed by atoms with Gasteiger partial charge in [-0.15, -0.1) is 0 Å². The predicted octanol–water partition coefficient (Wildman–Crippen LogP) is 0.942. The van der Waals surface area contributed by atoms with Gasteiger partial charge in [-0.2, -0.15) is 0 Å². The van der Waals surface area contributed by atoms with Gasteiger partial charge in [0.1, 0.15) is 0 Å². The fourth-order valence-electron chi connectivity index (χ4n) is 2.67. The van der Waals surface area contributed by atoms with E-state index in [4.69, 9.17) is 0 Å². The summed E-state index contributed by atoms with van der Waals surface area (Å²) in [4.78, 5) is 39.2. The highest BCUT2D eigenvalue weighted by Gasteiger charge is 2.29. The van der Waals surface area contributed by atoms with Gasteiger partial charge in [0.15, 0.2) is 0 Å². The molecule has 1 aliphatic heterocycles. The van der Waals surface area contributed by atoms with E-state index in [1.165, 1.54) is 0 Å². The van der Waals surface area contributed by atoms with Crippen molar-refractivity contribution in [1.29, 1.82) is 0 Å². The van der Waals surface area contributed by atoms with Gasteiger partial charge in [0.2, 0.25) is 11.8 Å². The number of nitrogens with zero attached hydrogens (tertiary/aromatic N) is 2. The fraction of sp³-hybridized carbons (Fsp3) is 0.812. The highest BCUT2D eigenvalue weighted by molar-refractivity contribution is 5.97. The van der Waals surface area contributed by atoms with Gasteiger partial charge in [-0.25, -0.2) is 4.79 Å². The molecule has 7 nitrogen and oxygen atoms in total. The van der Waals surface area contributed by atoms with Crippen molar-refractivity contribution >= 4 is 17.8 Å². The largest absolute Gasteiger partial charge is 0.343 e. The molecule has 2 N–H and O–H groups in total. The zero-order chi connectivity index (χ0) is 17.8. The maximum atomic E-state index is 12.2. The second-order valence-corrected chi connectivity index (χ2v) is 7.27. The number of nitrogens with one attached hydrogen (secondary N) is 2. The Bertz CT molecular complexity index is 451. The summed E-state index contributed by atoms with van der Waals surface area (Å²) in [6, 6.07) is -0.618. The van der Waals surface area contributed by atoms with Crippen molar-refractivity contribution in [3.8, 4) is 0 Å². The van der Waals surface area contributed by atoms with Crippen LogP contribution in [0.15, 0.2) is 0 Å². The fourth-order valence-corrected chi connectivity index (χ4v) is 2.67. The van der Waals surface area contributed by atoms with Crippen LogP contribution in [0.4, 0.5) is 4.79 Å². The average Bonchev–Trinajstić information content (AvgIpc) is 2.43. The molecule has 0 saturated carbocycles. The highest BCUT2D eigenvalue weighted by atomic mass is 16.2. The lowest BCUT2D eigenvalue weighted by Gasteiger charge is -2.38. The zero-order valence-electron chi connectivity index (χ0n) is 15.1. The Morgan fingerprint density at radius 3 is 2.13 bits per heavy atom. The van der Waals surface area contributed by atoms with Gasteiger partial charge in [0.05, 0.1) is 6.04 Å². The number of rotatable bonds is 3. The summed E-state index contributed by atoms with van der Waals surface area (Å²) in [5, 5.41) is 5.10. The molecule has 1 unspecified atom stereocenters. The first-order valence-electron chi connectivity index (χ1n) is 8.11. The summed E-state index contributed by atoms with van der Waals surface area (Å²) < 4.78 is 0. The van der Waals surface area contributed by atoms with E-state index in [0.717, 1.165) is 25.9 Å². The molecular formula is C16H30N4O3. The van der Waals surface area contributed by atoms with Crippen LogP contribution in [0, 0.1) is 0 Å². The summed E-state index contributed by atoms with van der Waals surface area (Å²) in [7, 11) is 1.82. The van der Waals surface area contributed by atoms with E-state index < -0.39 is 6.03 Å². The Balaban J connectivity index is 2.47. The highest BCUT2D eigenvalue weighted by Crippen LogP contribution is 2.17. The van der Waals surface area contributed by atoms with Crippen molar-refractivity contribution in [3.05, 3.63) is 0 Å². The first-order chi connectivity index (χ1) is 10.5. The Kier molecular flexibility index (Phi) is 6.56. The van der Waals surface area contributed by atoms with Crippen LogP contribution < -0.4 is 10.6 Å². The minimum atomic E-state index is -0.472. The van der Waals surface area contributed by atoms with E-state index in [1.807, 2.05) is 32.7 Å². The second-order valence-electron chi connectivity index (χ2n) is 7.27. The predicted molar refractivity (Wildman–Crippen MR) is 88.9 cm³/mol. The SMILES string of the molecule is CC(=O)N(C)C1CCN(C(C)C(=O)NC(=O)NC(C)(C)C)CC1. The smallest absolute Gasteiger partial charge is 0.321 e. The molecule has 1 heterocycles. The first kappa shape index (κ1) is 19.4.